The SMILES string of the molecule is CCC(C)N1C(=O)CC(NCC(C)N(C)C)C1=O. The lowest BCUT2D eigenvalue weighted by atomic mass is 10.2. The molecule has 104 valence electrons. The Morgan fingerprint density at radius 3 is 2.50 bits per heavy atom. The summed E-state index contributed by atoms with van der Waals surface area (Å²) in [5, 5.41) is 3.20. The largest absolute Gasteiger partial charge is 0.305 e. The number of likely N-dealkylation sites (N-methyl/N-ethyl adjacent to an activating group) is 1. The molecule has 0 aliphatic carbocycles. The Balaban J connectivity index is 2.55. The van der Waals surface area contributed by atoms with E-state index >= 15 is 0 Å². The van der Waals surface area contributed by atoms with Crippen molar-refractivity contribution in [3.63, 3.8) is 0 Å². The molecule has 1 N–H and O–H groups in total. The smallest absolute Gasteiger partial charge is 0.247 e. The quantitative estimate of drug-likeness (QED) is 0.700. The maximum atomic E-state index is 12.1. The van der Waals surface area contributed by atoms with E-state index in [1.165, 1.54) is 4.90 Å². The molecule has 1 saturated heterocycles. The number of hydrogen-bond acceptors (Lipinski definition) is 4. The van der Waals surface area contributed by atoms with Gasteiger partial charge in [-0.1, -0.05) is 6.92 Å². The highest BCUT2D eigenvalue weighted by Crippen LogP contribution is 2.17. The predicted molar refractivity (Wildman–Crippen MR) is 71.2 cm³/mol. The third-order valence-electron chi connectivity index (χ3n) is 3.76. The van der Waals surface area contributed by atoms with E-state index in [4.69, 9.17) is 0 Å². The van der Waals surface area contributed by atoms with Crippen LogP contribution in [0.1, 0.15) is 33.6 Å². The number of nitrogens with one attached hydrogen (secondary N) is 1. The number of amides is 2. The minimum absolute atomic E-state index is 0.00284. The van der Waals surface area contributed by atoms with Crippen molar-refractivity contribution in [3.8, 4) is 0 Å². The van der Waals surface area contributed by atoms with Gasteiger partial charge in [0.1, 0.15) is 0 Å². The van der Waals surface area contributed by atoms with Gasteiger partial charge in [0.2, 0.25) is 11.8 Å². The first kappa shape index (κ1) is 15.1. The van der Waals surface area contributed by atoms with Crippen LogP contribution in [-0.4, -0.2) is 60.4 Å². The van der Waals surface area contributed by atoms with E-state index in [2.05, 4.69) is 17.1 Å². The summed E-state index contributed by atoms with van der Waals surface area (Å²) in [6.07, 6.45) is 1.10. The average Bonchev–Trinajstić information content (AvgIpc) is 2.60. The molecule has 1 aliphatic heterocycles. The number of nitrogens with zero attached hydrogens (tertiary/aromatic N) is 2. The highest BCUT2D eigenvalue weighted by molar-refractivity contribution is 6.05. The van der Waals surface area contributed by atoms with Gasteiger partial charge >= 0.3 is 0 Å². The summed E-state index contributed by atoms with van der Waals surface area (Å²) < 4.78 is 0. The van der Waals surface area contributed by atoms with Crippen molar-refractivity contribution in [1.29, 1.82) is 0 Å². The third kappa shape index (κ3) is 3.29. The van der Waals surface area contributed by atoms with Gasteiger partial charge in [-0.15, -0.1) is 0 Å². The molecule has 3 unspecified atom stereocenters. The fourth-order valence-corrected chi connectivity index (χ4v) is 1.95. The zero-order chi connectivity index (χ0) is 13.9. The lowest BCUT2D eigenvalue weighted by Crippen LogP contribution is -2.45. The number of rotatable bonds is 6. The Morgan fingerprint density at radius 2 is 2.00 bits per heavy atom. The second-order valence-corrected chi connectivity index (χ2v) is 5.34. The molecular weight excluding hydrogens is 230 g/mol. The second kappa shape index (κ2) is 6.29. The summed E-state index contributed by atoms with van der Waals surface area (Å²) in [5.41, 5.74) is 0. The van der Waals surface area contributed by atoms with Gasteiger partial charge in [-0.25, -0.2) is 0 Å². The number of likely N-dealkylation sites (tertiary alicyclic amines) is 1. The molecule has 0 bridgehead atoms. The summed E-state index contributed by atoms with van der Waals surface area (Å²) in [6.45, 7) is 6.70. The lowest BCUT2D eigenvalue weighted by molar-refractivity contribution is -0.141. The normalized spacial score (nSPS) is 23.9. The molecule has 0 saturated carbocycles. The van der Waals surface area contributed by atoms with E-state index in [1.54, 1.807) is 0 Å². The van der Waals surface area contributed by atoms with Crippen LogP contribution in [0, 0.1) is 0 Å². The first-order chi connectivity index (χ1) is 8.38. The van der Waals surface area contributed by atoms with Crippen LogP contribution in [-0.2, 0) is 9.59 Å². The van der Waals surface area contributed by atoms with Gasteiger partial charge in [-0.05, 0) is 34.4 Å². The molecule has 2 amide bonds. The first-order valence-electron chi connectivity index (χ1n) is 6.64. The van der Waals surface area contributed by atoms with Gasteiger partial charge in [-0.2, -0.15) is 0 Å². The zero-order valence-electron chi connectivity index (χ0n) is 12.1. The molecule has 0 aromatic rings. The molecule has 5 nitrogen and oxygen atoms in total. The standard InChI is InChI=1S/C13H25N3O2/c1-6-9(2)16-12(17)7-11(13(16)18)14-8-10(3)15(4)5/h9-11,14H,6-8H2,1-5H3. The van der Waals surface area contributed by atoms with Gasteiger partial charge in [0.25, 0.3) is 0 Å². The molecule has 0 aromatic carbocycles. The van der Waals surface area contributed by atoms with Crippen molar-refractivity contribution in [1.82, 2.24) is 15.1 Å². The number of carbonyl (C=O) groups excluding carboxylic acids is 2. The summed E-state index contributed by atoms with van der Waals surface area (Å²) in [5.74, 6) is -0.121. The summed E-state index contributed by atoms with van der Waals surface area (Å²) in [7, 11) is 4.00. The number of carbonyl (C=O) groups is 2. The van der Waals surface area contributed by atoms with Crippen LogP contribution < -0.4 is 5.32 Å². The van der Waals surface area contributed by atoms with Crippen LogP contribution in [0.2, 0.25) is 0 Å². The van der Waals surface area contributed by atoms with E-state index in [0.29, 0.717) is 19.0 Å². The van der Waals surface area contributed by atoms with Crippen LogP contribution >= 0.6 is 0 Å². The van der Waals surface area contributed by atoms with Crippen molar-refractivity contribution in [3.05, 3.63) is 0 Å². The highest BCUT2D eigenvalue weighted by atomic mass is 16.2. The molecular formula is C13H25N3O2. The Hall–Kier alpha value is -0.940. The molecule has 18 heavy (non-hydrogen) atoms. The van der Waals surface area contributed by atoms with E-state index in [0.717, 1.165) is 6.42 Å². The Labute approximate surface area is 110 Å². The summed E-state index contributed by atoms with van der Waals surface area (Å²) in [6, 6.07) is 0.00234. The van der Waals surface area contributed by atoms with Gasteiger partial charge in [0.15, 0.2) is 0 Å². The van der Waals surface area contributed by atoms with Crippen LogP contribution in [0.15, 0.2) is 0 Å². The van der Waals surface area contributed by atoms with Gasteiger partial charge in [0, 0.05) is 18.6 Å². The molecule has 0 aromatic heterocycles. The molecule has 5 heteroatoms. The fraction of sp³-hybridized carbons (Fsp3) is 0.846. The Morgan fingerprint density at radius 1 is 1.39 bits per heavy atom. The fourth-order valence-electron chi connectivity index (χ4n) is 1.95. The minimum Gasteiger partial charge on any atom is -0.305 e. The van der Waals surface area contributed by atoms with Crippen molar-refractivity contribution < 1.29 is 9.59 Å². The van der Waals surface area contributed by atoms with Gasteiger partial charge in [-0.3, -0.25) is 14.5 Å². The van der Waals surface area contributed by atoms with Crippen molar-refractivity contribution >= 4 is 11.8 Å². The van der Waals surface area contributed by atoms with Crippen LogP contribution in [0.4, 0.5) is 0 Å². The molecule has 0 spiro atoms. The summed E-state index contributed by atoms with van der Waals surface area (Å²) >= 11 is 0. The molecule has 1 aliphatic rings. The molecule has 1 rings (SSSR count). The maximum Gasteiger partial charge on any atom is 0.247 e. The van der Waals surface area contributed by atoms with E-state index in [1.807, 2.05) is 27.9 Å². The number of hydrogen-bond donors (Lipinski definition) is 1. The Kier molecular flexibility index (Phi) is 5.28. The maximum absolute atomic E-state index is 12.1. The van der Waals surface area contributed by atoms with E-state index in [-0.39, 0.29) is 23.9 Å². The average molecular weight is 255 g/mol. The van der Waals surface area contributed by atoms with Gasteiger partial charge in [0.05, 0.1) is 12.5 Å². The molecule has 1 heterocycles. The Bertz CT molecular complexity index is 317. The van der Waals surface area contributed by atoms with Crippen LogP contribution in [0.3, 0.4) is 0 Å². The molecule has 1 fully saturated rings. The van der Waals surface area contributed by atoms with Crippen LogP contribution in [0.25, 0.3) is 0 Å². The molecule has 0 radical (unpaired) electrons. The summed E-state index contributed by atoms with van der Waals surface area (Å²) in [4.78, 5) is 27.5. The zero-order valence-corrected chi connectivity index (χ0v) is 12.1. The number of imide groups is 1. The van der Waals surface area contributed by atoms with Gasteiger partial charge < -0.3 is 10.2 Å². The van der Waals surface area contributed by atoms with Crippen molar-refractivity contribution in [2.75, 3.05) is 20.6 Å². The highest BCUT2D eigenvalue weighted by Gasteiger charge is 2.40. The van der Waals surface area contributed by atoms with Crippen molar-refractivity contribution in [2.45, 2.75) is 51.7 Å². The third-order valence-corrected chi connectivity index (χ3v) is 3.76. The van der Waals surface area contributed by atoms with Crippen LogP contribution in [0.5, 0.6) is 0 Å². The van der Waals surface area contributed by atoms with E-state index < -0.39 is 0 Å². The first-order valence-corrected chi connectivity index (χ1v) is 6.64. The monoisotopic (exact) mass is 255 g/mol. The van der Waals surface area contributed by atoms with E-state index in [9.17, 15) is 9.59 Å². The second-order valence-electron chi connectivity index (χ2n) is 5.34. The molecule has 3 atom stereocenters. The minimum atomic E-state index is -0.339. The predicted octanol–water partition coefficient (Wildman–Crippen LogP) is 0.452. The lowest BCUT2D eigenvalue weighted by Gasteiger charge is -2.23. The topological polar surface area (TPSA) is 52.7 Å². The van der Waals surface area contributed by atoms with Crippen molar-refractivity contribution in [2.24, 2.45) is 0 Å².